The average molecular weight is 230 g/mol. The lowest BCUT2D eigenvalue weighted by molar-refractivity contribution is -0.123. The van der Waals surface area contributed by atoms with Crippen molar-refractivity contribution in [2.75, 3.05) is 13.2 Å². The molecular weight excluding hydrogens is 204 g/mol. The second-order valence-corrected chi connectivity index (χ2v) is 5.30. The summed E-state index contributed by atoms with van der Waals surface area (Å²) >= 11 is 0. The van der Waals surface area contributed by atoms with E-state index in [4.69, 9.17) is 4.74 Å². The van der Waals surface area contributed by atoms with Gasteiger partial charge in [0.15, 0.2) is 0 Å². The third kappa shape index (κ3) is 8.68. The highest BCUT2D eigenvalue weighted by atomic mass is 16.5. The second kappa shape index (κ2) is 6.86. The third-order valence-electron chi connectivity index (χ3n) is 1.91. The van der Waals surface area contributed by atoms with Crippen LogP contribution >= 0.6 is 0 Å². The topological polar surface area (TPSA) is 50.4 Å². The van der Waals surface area contributed by atoms with E-state index >= 15 is 0 Å². The average Bonchev–Trinajstić information content (AvgIpc) is 2.09. The normalized spacial score (nSPS) is 13.9. The molecule has 0 rings (SSSR count). The van der Waals surface area contributed by atoms with Crippen LogP contribution < -0.4 is 10.6 Å². The smallest absolute Gasteiger partial charge is 0.237 e. The Morgan fingerprint density at radius 1 is 1.25 bits per heavy atom. The summed E-state index contributed by atoms with van der Waals surface area (Å²) in [4.78, 5) is 11.5. The third-order valence-corrected chi connectivity index (χ3v) is 1.91. The van der Waals surface area contributed by atoms with E-state index < -0.39 is 0 Å². The highest BCUT2D eigenvalue weighted by Gasteiger charge is 2.13. The Morgan fingerprint density at radius 3 is 2.25 bits per heavy atom. The molecule has 0 aliphatic heterocycles. The molecule has 1 unspecified atom stereocenters. The van der Waals surface area contributed by atoms with Crippen LogP contribution in [0, 0.1) is 0 Å². The minimum atomic E-state index is -0.175. The first-order valence-electron chi connectivity index (χ1n) is 5.90. The highest BCUT2D eigenvalue weighted by Crippen LogP contribution is 2.05. The summed E-state index contributed by atoms with van der Waals surface area (Å²) < 4.78 is 5.55. The SMILES string of the molecule is CC(C)NC(=O)C(C)NCCOC(C)(C)C. The van der Waals surface area contributed by atoms with E-state index in [1.165, 1.54) is 0 Å². The van der Waals surface area contributed by atoms with Crippen LogP contribution in [0.2, 0.25) is 0 Å². The summed E-state index contributed by atoms with van der Waals surface area (Å²) in [6, 6.07) is 0.00791. The van der Waals surface area contributed by atoms with E-state index in [0.717, 1.165) is 0 Å². The maximum Gasteiger partial charge on any atom is 0.237 e. The number of hydrogen-bond acceptors (Lipinski definition) is 3. The van der Waals surface area contributed by atoms with Crippen LogP contribution in [0.4, 0.5) is 0 Å². The molecule has 1 amide bonds. The number of carbonyl (C=O) groups excluding carboxylic acids is 1. The van der Waals surface area contributed by atoms with E-state index in [1.54, 1.807) is 0 Å². The summed E-state index contributed by atoms with van der Waals surface area (Å²) in [5.41, 5.74) is -0.120. The molecule has 0 saturated heterocycles. The second-order valence-electron chi connectivity index (χ2n) is 5.30. The van der Waals surface area contributed by atoms with Crippen LogP contribution in [0.1, 0.15) is 41.5 Å². The maximum atomic E-state index is 11.5. The van der Waals surface area contributed by atoms with Crippen molar-refractivity contribution >= 4 is 5.91 Å². The number of nitrogens with one attached hydrogen (secondary N) is 2. The van der Waals surface area contributed by atoms with E-state index in [9.17, 15) is 4.79 Å². The quantitative estimate of drug-likeness (QED) is 0.676. The summed E-state index contributed by atoms with van der Waals surface area (Å²) in [5.74, 6) is 0.0331. The van der Waals surface area contributed by atoms with E-state index in [-0.39, 0.29) is 23.6 Å². The Labute approximate surface area is 99.1 Å². The Bertz CT molecular complexity index is 210. The molecule has 1 atom stereocenters. The fourth-order valence-corrected chi connectivity index (χ4v) is 1.13. The van der Waals surface area contributed by atoms with Crippen LogP contribution in [-0.4, -0.2) is 36.7 Å². The monoisotopic (exact) mass is 230 g/mol. The van der Waals surface area contributed by atoms with Gasteiger partial charge in [0.05, 0.1) is 18.2 Å². The molecule has 0 spiro atoms. The van der Waals surface area contributed by atoms with Gasteiger partial charge in [-0.25, -0.2) is 0 Å². The van der Waals surface area contributed by atoms with Gasteiger partial charge in [0.1, 0.15) is 0 Å². The Balaban J connectivity index is 3.65. The molecule has 0 saturated carbocycles. The Morgan fingerprint density at radius 2 is 1.81 bits per heavy atom. The zero-order chi connectivity index (χ0) is 12.8. The molecule has 0 aromatic carbocycles. The summed E-state index contributed by atoms with van der Waals surface area (Å²) in [6.07, 6.45) is 0. The maximum absolute atomic E-state index is 11.5. The molecule has 0 fully saturated rings. The van der Waals surface area contributed by atoms with Gasteiger partial charge in [-0.2, -0.15) is 0 Å². The van der Waals surface area contributed by atoms with Crippen LogP contribution in [0.3, 0.4) is 0 Å². The van der Waals surface area contributed by atoms with Crippen LogP contribution in [0.5, 0.6) is 0 Å². The zero-order valence-electron chi connectivity index (χ0n) is 11.4. The lowest BCUT2D eigenvalue weighted by Crippen LogP contribution is -2.45. The van der Waals surface area contributed by atoms with Crippen molar-refractivity contribution in [3.8, 4) is 0 Å². The highest BCUT2D eigenvalue weighted by molar-refractivity contribution is 5.81. The largest absolute Gasteiger partial charge is 0.375 e. The first kappa shape index (κ1) is 15.4. The number of carbonyl (C=O) groups is 1. The van der Waals surface area contributed by atoms with Gasteiger partial charge in [0.25, 0.3) is 0 Å². The molecule has 0 aliphatic carbocycles. The fourth-order valence-electron chi connectivity index (χ4n) is 1.13. The van der Waals surface area contributed by atoms with E-state index in [0.29, 0.717) is 13.2 Å². The van der Waals surface area contributed by atoms with Gasteiger partial charge in [0, 0.05) is 12.6 Å². The lowest BCUT2D eigenvalue weighted by Gasteiger charge is -2.21. The van der Waals surface area contributed by atoms with Gasteiger partial charge in [-0.3, -0.25) is 4.79 Å². The van der Waals surface area contributed by atoms with Gasteiger partial charge < -0.3 is 15.4 Å². The van der Waals surface area contributed by atoms with Crippen molar-refractivity contribution in [2.45, 2.75) is 59.2 Å². The molecule has 0 aromatic rings. The van der Waals surface area contributed by atoms with Gasteiger partial charge in [-0.1, -0.05) is 0 Å². The minimum Gasteiger partial charge on any atom is -0.375 e. The van der Waals surface area contributed by atoms with Crippen LogP contribution in [0.25, 0.3) is 0 Å². The number of hydrogen-bond donors (Lipinski definition) is 2. The molecular formula is C12H26N2O2. The van der Waals surface area contributed by atoms with Crippen molar-refractivity contribution in [1.82, 2.24) is 10.6 Å². The fraction of sp³-hybridized carbons (Fsp3) is 0.917. The number of rotatable bonds is 6. The first-order valence-corrected chi connectivity index (χ1v) is 5.90. The van der Waals surface area contributed by atoms with Gasteiger partial charge in [-0.05, 0) is 41.5 Å². The van der Waals surface area contributed by atoms with Gasteiger partial charge in [0.2, 0.25) is 5.91 Å². The van der Waals surface area contributed by atoms with Crippen molar-refractivity contribution in [1.29, 1.82) is 0 Å². The predicted molar refractivity (Wildman–Crippen MR) is 66.4 cm³/mol. The van der Waals surface area contributed by atoms with Gasteiger partial charge >= 0.3 is 0 Å². The molecule has 96 valence electrons. The van der Waals surface area contributed by atoms with E-state index in [2.05, 4.69) is 10.6 Å². The number of ether oxygens (including phenoxy) is 1. The predicted octanol–water partition coefficient (Wildman–Crippen LogP) is 1.30. The molecule has 0 aromatic heterocycles. The van der Waals surface area contributed by atoms with Gasteiger partial charge in [-0.15, -0.1) is 0 Å². The Kier molecular flexibility index (Phi) is 6.60. The first-order chi connectivity index (χ1) is 7.22. The van der Waals surface area contributed by atoms with Crippen molar-refractivity contribution in [3.63, 3.8) is 0 Å². The summed E-state index contributed by atoms with van der Waals surface area (Å²) in [7, 11) is 0. The van der Waals surface area contributed by atoms with Crippen LogP contribution in [0.15, 0.2) is 0 Å². The molecule has 4 nitrogen and oxygen atoms in total. The molecule has 2 N–H and O–H groups in total. The molecule has 4 heteroatoms. The summed E-state index contributed by atoms with van der Waals surface area (Å²) in [6.45, 7) is 13.1. The minimum absolute atomic E-state index is 0.0331. The van der Waals surface area contributed by atoms with Crippen molar-refractivity contribution in [2.24, 2.45) is 0 Å². The molecule has 16 heavy (non-hydrogen) atoms. The molecule has 0 radical (unpaired) electrons. The molecule has 0 heterocycles. The van der Waals surface area contributed by atoms with Crippen molar-refractivity contribution in [3.05, 3.63) is 0 Å². The van der Waals surface area contributed by atoms with Crippen molar-refractivity contribution < 1.29 is 9.53 Å². The standard InChI is InChI=1S/C12H26N2O2/c1-9(2)14-11(15)10(3)13-7-8-16-12(4,5)6/h9-10,13H,7-8H2,1-6H3,(H,14,15). The Hall–Kier alpha value is -0.610. The van der Waals surface area contributed by atoms with Crippen LogP contribution in [-0.2, 0) is 9.53 Å². The lowest BCUT2D eigenvalue weighted by atomic mass is 10.2. The molecule has 0 bridgehead atoms. The number of amides is 1. The summed E-state index contributed by atoms with van der Waals surface area (Å²) in [5, 5.41) is 5.98. The van der Waals surface area contributed by atoms with E-state index in [1.807, 2.05) is 41.5 Å². The molecule has 0 aliphatic rings. The zero-order valence-corrected chi connectivity index (χ0v) is 11.4.